The van der Waals surface area contributed by atoms with Crippen molar-refractivity contribution in [3.05, 3.63) is 90.5 Å². The smallest absolute Gasteiger partial charge is 0.237 e. The summed E-state index contributed by atoms with van der Waals surface area (Å²) in [5.74, 6) is 0. The fraction of sp³-hybridized carbons (Fsp3) is 0.516. The van der Waals surface area contributed by atoms with Crippen LogP contribution in [-0.2, 0) is 18.4 Å². The summed E-state index contributed by atoms with van der Waals surface area (Å²) in [6, 6.07) is 22.7. The highest BCUT2D eigenvalue weighted by Gasteiger charge is 2.40. The Morgan fingerprint density at radius 1 is 0.788 bits per heavy atom. The Kier molecular flexibility index (Phi) is 10.2. The minimum atomic E-state index is 0.0217. The van der Waals surface area contributed by atoms with Crippen molar-refractivity contribution >= 4 is 0 Å². The summed E-state index contributed by atoms with van der Waals surface area (Å²) in [6.07, 6.45) is 19.8. The molecule has 1 heterocycles. The van der Waals surface area contributed by atoms with Gasteiger partial charge in [0.25, 0.3) is 0 Å². The third kappa shape index (κ3) is 7.32. The van der Waals surface area contributed by atoms with Crippen molar-refractivity contribution in [3.63, 3.8) is 0 Å². The van der Waals surface area contributed by atoms with Gasteiger partial charge < -0.3 is 0 Å². The van der Waals surface area contributed by atoms with Gasteiger partial charge in [-0.05, 0) is 36.8 Å². The maximum atomic E-state index is 2.52. The first-order valence-corrected chi connectivity index (χ1v) is 13.3. The van der Waals surface area contributed by atoms with Gasteiger partial charge in [-0.25, -0.2) is 9.13 Å². The van der Waals surface area contributed by atoms with Gasteiger partial charge in [0.2, 0.25) is 6.33 Å². The van der Waals surface area contributed by atoms with Crippen molar-refractivity contribution < 1.29 is 4.57 Å². The van der Waals surface area contributed by atoms with Crippen molar-refractivity contribution in [1.82, 2.24) is 4.57 Å². The number of benzene rings is 2. The van der Waals surface area contributed by atoms with E-state index in [0.717, 1.165) is 19.4 Å². The Labute approximate surface area is 202 Å². The van der Waals surface area contributed by atoms with Crippen LogP contribution in [0.1, 0.15) is 95.7 Å². The first-order valence-electron chi connectivity index (χ1n) is 13.3. The lowest BCUT2D eigenvalue weighted by Gasteiger charge is -2.37. The van der Waals surface area contributed by atoms with Crippen LogP contribution in [0.15, 0.2) is 79.4 Å². The average Bonchev–Trinajstić information content (AvgIpc) is 3.30. The molecule has 1 aromatic heterocycles. The molecular weight excluding hydrogens is 400 g/mol. The normalized spacial score (nSPS) is 14.2. The Hall–Kier alpha value is -2.35. The van der Waals surface area contributed by atoms with Crippen molar-refractivity contribution in [2.24, 2.45) is 0 Å². The predicted octanol–water partition coefficient (Wildman–Crippen LogP) is 8.07. The van der Waals surface area contributed by atoms with Gasteiger partial charge in [0, 0.05) is 5.41 Å². The zero-order valence-corrected chi connectivity index (χ0v) is 21.3. The van der Waals surface area contributed by atoms with Crippen LogP contribution in [0.4, 0.5) is 0 Å². The molecule has 0 aliphatic rings. The predicted molar refractivity (Wildman–Crippen MR) is 141 cm³/mol. The Balaban J connectivity index is 1.87. The molecule has 0 saturated heterocycles. The number of rotatable bonds is 15. The van der Waals surface area contributed by atoms with Crippen LogP contribution in [0.2, 0.25) is 0 Å². The molecule has 2 atom stereocenters. The molecule has 0 N–H and O–H groups in total. The zero-order valence-electron chi connectivity index (χ0n) is 21.3. The van der Waals surface area contributed by atoms with Gasteiger partial charge in [-0.2, -0.15) is 0 Å². The number of aryl methyl sites for hydroxylation is 1. The van der Waals surface area contributed by atoms with E-state index in [9.17, 15) is 0 Å². The van der Waals surface area contributed by atoms with E-state index >= 15 is 0 Å². The number of aromatic nitrogens is 2. The maximum Gasteiger partial charge on any atom is 0.244 e. The topological polar surface area (TPSA) is 8.81 Å². The Morgan fingerprint density at radius 2 is 1.42 bits per heavy atom. The van der Waals surface area contributed by atoms with E-state index in [1.165, 1.54) is 62.5 Å². The molecule has 0 spiro atoms. The number of nitrogens with zero attached hydrogens (tertiary/aromatic N) is 2. The molecule has 2 nitrogen and oxygen atoms in total. The largest absolute Gasteiger partial charge is 0.244 e. The van der Waals surface area contributed by atoms with E-state index in [-0.39, 0.29) is 5.41 Å². The van der Waals surface area contributed by atoms with Gasteiger partial charge in [-0.3, -0.25) is 0 Å². The van der Waals surface area contributed by atoms with Crippen molar-refractivity contribution in [3.8, 4) is 0 Å². The van der Waals surface area contributed by atoms with Crippen LogP contribution in [-0.4, -0.2) is 4.57 Å². The second kappa shape index (κ2) is 13.4. The van der Waals surface area contributed by atoms with Crippen LogP contribution in [0, 0.1) is 0 Å². The third-order valence-electron chi connectivity index (χ3n) is 7.22. The molecule has 2 unspecified atom stereocenters. The van der Waals surface area contributed by atoms with Gasteiger partial charge in [-0.15, -0.1) is 0 Å². The second-order valence-corrected chi connectivity index (χ2v) is 9.97. The highest BCUT2D eigenvalue weighted by molar-refractivity contribution is 5.30. The van der Waals surface area contributed by atoms with E-state index in [4.69, 9.17) is 0 Å². The summed E-state index contributed by atoms with van der Waals surface area (Å²) in [5.41, 5.74) is 2.88. The van der Waals surface area contributed by atoms with E-state index in [1.807, 2.05) is 0 Å². The number of hydrogen-bond donors (Lipinski definition) is 0. The van der Waals surface area contributed by atoms with E-state index in [1.54, 1.807) is 0 Å². The molecule has 2 aromatic carbocycles. The lowest BCUT2D eigenvalue weighted by Crippen LogP contribution is -2.38. The minimum absolute atomic E-state index is 0.0217. The lowest BCUT2D eigenvalue weighted by atomic mass is 9.70. The molecular formula is C31H45N2+. The summed E-state index contributed by atoms with van der Waals surface area (Å²) in [4.78, 5) is 0. The van der Waals surface area contributed by atoms with E-state index in [0.29, 0.717) is 6.04 Å². The SMILES string of the molecule is CCCCCCCCCC(n1cc[n+](CCC)c1)C(C)(Cc1ccccc1)c1ccccc1. The molecule has 0 aliphatic heterocycles. The first kappa shape index (κ1) is 25.3. The highest BCUT2D eigenvalue weighted by Crippen LogP contribution is 2.41. The van der Waals surface area contributed by atoms with E-state index < -0.39 is 0 Å². The first-order chi connectivity index (χ1) is 16.2. The van der Waals surface area contributed by atoms with Crippen molar-refractivity contribution in [1.29, 1.82) is 0 Å². The molecule has 3 rings (SSSR count). The quantitative estimate of drug-likeness (QED) is 0.165. The van der Waals surface area contributed by atoms with Crippen molar-refractivity contribution in [2.75, 3.05) is 0 Å². The van der Waals surface area contributed by atoms with Gasteiger partial charge in [0.15, 0.2) is 0 Å². The molecule has 2 heteroatoms. The third-order valence-corrected chi connectivity index (χ3v) is 7.22. The van der Waals surface area contributed by atoms with Gasteiger partial charge in [-0.1, -0.05) is 120 Å². The average molecular weight is 446 g/mol. The highest BCUT2D eigenvalue weighted by atomic mass is 15.1. The number of unbranched alkanes of at least 4 members (excludes halogenated alkanes) is 6. The summed E-state index contributed by atoms with van der Waals surface area (Å²) in [7, 11) is 0. The van der Waals surface area contributed by atoms with Crippen LogP contribution in [0.3, 0.4) is 0 Å². The van der Waals surface area contributed by atoms with Gasteiger partial charge >= 0.3 is 0 Å². The minimum Gasteiger partial charge on any atom is -0.237 e. The van der Waals surface area contributed by atoms with Gasteiger partial charge in [0.05, 0.1) is 6.54 Å². The standard InChI is InChI=1S/C31H45N2/c1-4-6-7-8-9-10-17-22-30(33-25-24-32(27-33)23-5-2)31(3,29-20-15-12-16-21-29)26-28-18-13-11-14-19-28/h11-16,18-21,24-25,27,30H,4-10,17,22-23,26H2,1-3H3/q+1. The second-order valence-electron chi connectivity index (χ2n) is 9.97. The maximum absolute atomic E-state index is 2.52. The number of imidazole rings is 1. The summed E-state index contributed by atoms with van der Waals surface area (Å²) >= 11 is 0. The molecule has 0 fully saturated rings. The molecule has 0 amide bonds. The monoisotopic (exact) mass is 445 g/mol. The Morgan fingerprint density at radius 3 is 2.09 bits per heavy atom. The zero-order chi connectivity index (χ0) is 23.4. The van der Waals surface area contributed by atoms with Gasteiger partial charge in [0.1, 0.15) is 18.4 Å². The lowest BCUT2D eigenvalue weighted by molar-refractivity contribution is -0.696. The van der Waals surface area contributed by atoms with Crippen LogP contribution >= 0.6 is 0 Å². The van der Waals surface area contributed by atoms with Crippen molar-refractivity contribution in [2.45, 2.75) is 103 Å². The molecule has 0 radical (unpaired) electrons. The van der Waals surface area contributed by atoms with Crippen LogP contribution in [0.5, 0.6) is 0 Å². The molecule has 178 valence electrons. The summed E-state index contributed by atoms with van der Waals surface area (Å²) < 4.78 is 4.87. The molecule has 0 bridgehead atoms. The molecule has 0 aliphatic carbocycles. The van der Waals surface area contributed by atoms with Crippen LogP contribution in [0.25, 0.3) is 0 Å². The molecule has 33 heavy (non-hydrogen) atoms. The molecule has 3 aromatic rings. The van der Waals surface area contributed by atoms with Crippen LogP contribution < -0.4 is 4.57 Å². The fourth-order valence-corrected chi connectivity index (χ4v) is 5.33. The number of hydrogen-bond acceptors (Lipinski definition) is 0. The molecule has 0 saturated carbocycles. The summed E-state index contributed by atoms with van der Waals surface area (Å²) in [6.45, 7) is 8.12. The fourth-order valence-electron chi connectivity index (χ4n) is 5.33. The Bertz CT molecular complexity index is 899. The summed E-state index contributed by atoms with van der Waals surface area (Å²) in [5, 5.41) is 0. The van der Waals surface area contributed by atoms with E-state index in [2.05, 4.69) is 109 Å².